The number of nitrogens with zero attached hydrogens (tertiary/aromatic N) is 4. The van der Waals surface area contributed by atoms with E-state index in [0.29, 0.717) is 31.7 Å². The van der Waals surface area contributed by atoms with Crippen LogP contribution < -0.4 is 10.2 Å². The standard InChI is InChI=1S/C19H23F2N5O/c1-12-4-5-16(20)15(17(12)21)10-22-19(27)26-8-6-25(7-9-26)18-13(2)14(3)23-11-24-18/h4-5,11H,6-10H2,1-3H3,(H,22,27). The van der Waals surface area contributed by atoms with Gasteiger partial charge in [-0.3, -0.25) is 0 Å². The first-order valence-corrected chi connectivity index (χ1v) is 8.88. The lowest BCUT2D eigenvalue weighted by Gasteiger charge is -2.36. The molecule has 1 N–H and O–H groups in total. The van der Waals surface area contributed by atoms with Gasteiger partial charge >= 0.3 is 6.03 Å². The third kappa shape index (κ3) is 3.99. The summed E-state index contributed by atoms with van der Waals surface area (Å²) in [5.74, 6) is -0.390. The summed E-state index contributed by atoms with van der Waals surface area (Å²) in [7, 11) is 0. The Bertz CT molecular complexity index is 850. The minimum absolute atomic E-state index is 0.117. The Morgan fingerprint density at radius 1 is 1.11 bits per heavy atom. The molecule has 1 aromatic heterocycles. The van der Waals surface area contributed by atoms with Gasteiger partial charge in [-0.2, -0.15) is 0 Å². The molecule has 2 aromatic rings. The summed E-state index contributed by atoms with van der Waals surface area (Å²) >= 11 is 0. The summed E-state index contributed by atoms with van der Waals surface area (Å²) in [4.78, 5) is 24.7. The average molecular weight is 375 g/mol. The molecular weight excluding hydrogens is 352 g/mol. The largest absolute Gasteiger partial charge is 0.353 e. The summed E-state index contributed by atoms with van der Waals surface area (Å²) < 4.78 is 27.8. The molecule has 0 spiro atoms. The van der Waals surface area contributed by atoms with Gasteiger partial charge < -0.3 is 15.1 Å². The van der Waals surface area contributed by atoms with Gasteiger partial charge in [-0.15, -0.1) is 0 Å². The fourth-order valence-corrected chi connectivity index (χ4v) is 3.12. The third-order valence-electron chi connectivity index (χ3n) is 4.97. The Kier molecular flexibility index (Phi) is 5.53. The number of anilines is 1. The monoisotopic (exact) mass is 375 g/mol. The van der Waals surface area contributed by atoms with E-state index in [0.717, 1.165) is 17.1 Å². The van der Waals surface area contributed by atoms with E-state index in [1.54, 1.807) is 18.2 Å². The van der Waals surface area contributed by atoms with Gasteiger partial charge in [-0.1, -0.05) is 6.07 Å². The van der Waals surface area contributed by atoms with Crippen molar-refractivity contribution >= 4 is 11.8 Å². The van der Waals surface area contributed by atoms with Crippen molar-refractivity contribution in [1.82, 2.24) is 20.2 Å². The number of piperazine rings is 1. The summed E-state index contributed by atoms with van der Waals surface area (Å²) in [6.07, 6.45) is 1.54. The van der Waals surface area contributed by atoms with Gasteiger partial charge in [0.1, 0.15) is 23.8 Å². The molecule has 8 heteroatoms. The van der Waals surface area contributed by atoms with Crippen molar-refractivity contribution < 1.29 is 13.6 Å². The molecule has 27 heavy (non-hydrogen) atoms. The molecule has 0 radical (unpaired) electrons. The summed E-state index contributed by atoms with van der Waals surface area (Å²) in [6, 6.07) is 2.27. The van der Waals surface area contributed by atoms with Crippen molar-refractivity contribution in [2.45, 2.75) is 27.3 Å². The van der Waals surface area contributed by atoms with Gasteiger partial charge in [-0.05, 0) is 32.4 Å². The number of amides is 2. The van der Waals surface area contributed by atoms with Crippen molar-refractivity contribution in [3.63, 3.8) is 0 Å². The number of carbonyl (C=O) groups is 1. The Balaban J connectivity index is 1.58. The fourth-order valence-electron chi connectivity index (χ4n) is 3.12. The zero-order valence-electron chi connectivity index (χ0n) is 15.7. The zero-order valence-corrected chi connectivity index (χ0v) is 15.7. The maximum Gasteiger partial charge on any atom is 0.317 e. The Hall–Kier alpha value is -2.77. The highest BCUT2D eigenvalue weighted by molar-refractivity contribution is 5.74. The van der Waals surface area contributed by atoms with E-state index >= 15 is 0 Å². The molecule has 3 rings (SSSR count). The maximum atomic E-state index is 14.0. The van der Waals surface area contributed by atoms with Gasteiger partial charge in [0.25, 0.3) is 0 Å². The predicted octanol–water partition coefficient (Wildman–Crippen LogP) is 2.71. The number of carbonyl (C=O) groups excluding carboxylic acids is 1. The second-order valence-corrected chi connectivity index (χ2v) is 6.70. The highest BCUT2D eigenvalue weighted by Gasteiger charge is 2.23. The normalized spacial score (nSPS) is 14.4. The van der Waals surface area contributed by atoms with Crippen LogP contribution in [0.25, 0.3) is 0 Å². The Morgan fingerprint density at radius 2 is 1.81 bits per heavy atom. The smallest absolute Gasteiger partial charge is 0.317 e. The number of rotatable bonds is 3. The van der Waals surface area contributed by atoms with Gasteiger partial charge in [0.15, 0.2) is 0 Å². The molecule has 1 aromatic carbocycles. The van der Waals surface area contributed by atoms with Crippen molar-refractivity contribution in [3.8, 4) is 0 Å². The van der Waals surface area contributed by atoms with Gasteiger partial charge in [0.05, 0.1) is 6.54 Å². The summed E-state index contributed by atoms with van der Waals surface area (Å²) in [6.45, 7) is 7.59. The first-order valence-electron chi connectivity index (χ1n) is 8.88. The number of halogens is 2. The van der Waals surface area contributed by atoms with E-state index in [1.807, 2.05) is 13.8 Å². The average Bonchev–Trinajstić information content (AvgIpc) is 2.67. The second kappa shape index (κ2) is 7.85. The van der Waals surface area contributed by atoms with Crippen LogP contribution in [-0.2, 0) is 6.54 Å². The van der Waals surface area contributed by atoms with Gasteiger partial charge in [0, 0.05) is 43.0 Å². The molecule has 1 aliphatic rings. The minimum atomic E-state index is -0.655. The van der Waals surface area contributed by atoms with Crippen LogP contribution in [0.3, 0.4) is 0 Å². The number of urea groups is 1. The topological polar surface area (TPSA) is 61.4 Å². The number of benzene rings is 1. The van der Waals surface area contributed by atoms with Crippen LogP contribution in [0.15, 0.2) is 18.5 Å². The molecule has 0 aliphatic carbocycles. The van der Waals surface area contributed by atoms with Crippen molar-refractivity contribution in [2.75, 3.05) is 31.1 Å². The van der Waals surface area contributed by atoms with Crippen LogP contribution >= 0.6 is 0 Å². The minimum Gasteiger partial charge on any atom is -0.353 e. The molecule has 0 atom stereocenters. The lowest BCUT2D eigenvalue weighted by Crippen LogP contribution is -2.52. The number of hydrogen-bond donors (Lipinski definition) is 1. The Morgan fingerprint density at radius 3 is 2.52 bits per heavy atom. The summed E-state index contributed by atoms with van der Waals surface area (Å²) in [5.41, 5.74) is 2.20. The Labute approximate surface area is 157 Å². The second-order valence-electron chi connectivity index (χ2n) is 6.70. The molecule has 144 valence electrons. The van der Waals surface area contributed by atoms with E-state index in [-0.39, 0.29) is 18.1 Å². The van der Waals surface area contributed by atoms with E-state index in [1.165, 1.54) is 12.1 Å². The van der Waals surface area contributed by atoms with Crippen molar-refractivity contribution in [3.05, 3.63) is 52.5 Å². The van der Waals surface area contributed by atoms with Crippen molar-refractivity contribution in [1.29, 1.82) is 0 Å². The molecular formula is C19H23F2N5O. The lowest BCUT2D eigenvalue weighted by atomic mass is 10.1. The van der Waals surface area contributed by atoms with Crippen LogP contribution in [-0.4, -0.2) is 47.1 Å². The molecule has 2 amide bonds. The lowest BCUT2D eigenvalue weighted by molar-refractivity contribution is 0.193. The third-order valence-corrected chi connectivity index (χ3v) is 4.97. The SMILES string of the molecule is Cc1ccc(F)c(CNC(=O)N2CCN(c3ncnc(C)c3C)CC2)c1F. The first kappa shape index (κ1) is 19.0. The molecule has 1 fully saturated rings. The highest BCUT2D eigenvalue weighted by atomic mass is 19.1. The first-order chi connectivity index (χ1) is 12.9. The van der Waals surface area contributed by atoms with E-state index in [2.05, 4.69) is 20.2 Å². The van der Waals surface area contributed by atoms with E-state index in [9.17, 15) is 13.6 Å². The van der Waals surface area contributed by atoms with E-state index in [4.69, 9.17) is 0 Å². The molecule has 6 nitrogen and oxygen atoms in total. The molecule has 2 heterocycles. The highest BCUT2D eigenvalue weighted by Crippen LogP contribution is 2.20. The predicted molar refractivity (Wildman–Crippen MR) is 98.6 cm³/mol. The van der Waals surface area contributed by atoms with Gasteiger partial charge in [0.2, 0.25) is 0 Å². The van der Waals surface area contributed by atoms with Crippen LogP contribution in [0.2, 0.25) is 0 Å². The summed E-state index contributed by atoms with van der Waals surface area (Å²) in [5, 5.41) is 2.62. The van der Waals surface area contributed by atoms with Crippen molar-refractivity contribution in [2.24, 2.45) is 0 Å². The zero-order chi connectivity index (χ0) is 19.6. The molecule has 0 bridgehead atoms. The number of hydrogen-bond acceptors (Lipinski definition) is 4. The number of nitrogens with one attached hydrogen (secondary N) is 1. The maximum absolute atomic E-state index is 14.0. The van der Waals surface area contributed by atoms with Crippen LogP contribution in [0.1, 0.15) is 22.4 Å². The van der Waals surface area contributed by atoms with Crippen LogP contribution in [0.4, 0.5) is 19.4 Å². The number of aromatic nitrogens is 2. The quantitative estimate of drug-likeness (QED) is 0.896. The molecule has 0 unspecified atom stereocenters. The van der Waals surface area contributed by atoms with Crippen LogP contribution in [0.5, 0.6) is 0 Å². The van der Waals surface area contributed by atoms with Gasteiger partial charge in [-0.25, -0.2) is 23.5 Å². The van der Waals surface area contributed by atoms with E-state index < -0.39 is 11.6 Å². The fraction of sp³-hybridized carbons (Fsp3) is 0.421. The van der Waals surface area contributed by atoms with Crippen LogP contribution in [0, 0.1) is 32.4 Å². The molecule has 1 aliphatic heterocycles. The molecule has 1 saturated heterocycles. The molecule has 0 saturated carbocycles. The number of aryl methyl sites for hydroxylation is 2.